The summed E-state index contributed by atoms with van der Waals surface area (Å²) in [5.74, 6) is -1.38. The lowest BCUT2D eigenvalue weighted by molar-refractivity contribution is 0.173. The molecule has 0 radical (unpaired) electrons. The minimum absolute atomic E-state index is 0.0990. The van der Waals surface area contributed by atoms with Gasteiger partial charge in [0.15, 0.2) is 0 Å². The first-order valence-electron chi connectivity index (χ1n) is 5.53. The number of rotatable bonds is 3. The molecule has 1 N–H and O–H groups in total. The van der Waals surface area contributed by atoms with E-state index in [-0.39, 0.29) is 12.0 Å². The molecule has 2 aromatic rings. The van der Waals surface area contributed by atoms with E-state index in [0.29, 0.717) is 0 Å². The van der Waals surface area contributed by atoms with Crippen LogP contribution < -0.4 is 0 Å². The van der Waals surface area contributed by atoms with Crippen LogP contribution >= 0.6 is 11.3 Å². The van der Waals surface area contributed by atoms with Gasteiger partial charge in [-0.15, -0.1) is 11.3 Å². The smallest absolute Gasteiger partial charge is 0.131 e. The predicted molar refractivity (Wildman–Crippen MR) is 66.6 cm³/mol. The SMILES string of the molecule is Cc1nc(CC(O)c2ccc(F)cc2F)sc1C. The molecule has 0 bridgehead atoms. The standard InChI is InChI=1S/C13H13F2NOS/c1-7-8(2)18-13(16-7)6-12(17)10-4-3-9(14)5-11(10)15/h3-5,12,17H,6H2,1-2H3. The quantitative estimate of drug-likeness (QED) is 0.927. The van der Waals surface area contributed by atoms with Gasteiger partial charge in [0.2, 0.25) is 0 Å². The molecule has 0 aliphatic rings. The number of benzene rings is 1. The van der Waals surface area contributed by atoms with Gasteiger partial charge in [-0.25, -0.2) is 13.8 Å². The summed E-state index contributed by atoms with van der Waals surface area (Å²) >= 11 is 1.48. The molecule has 0 aliphatic heterocycles. The Bertz CT molecular complexity index is 549. The van der Waals surface area contributed by atoms with Crippen LogP contribution in [-0.4, -0.2) is 10.1 Å². The molecule has 0 saturated carbocycles. The first-order valence-corrected chi connectivity index (χ1v) is 6.35. The highest BCUT2D eigenvalue weighted by molar-refractivity contribution is 7.11. The van der Waals surface area contributed by atoms with E-state index in [2.05, 4.69) is 4.98 Å². The van der Waals surface area contributed by atoms with E-state index < -0.39 is 17.7 Å². The zero-order chi connectivity index (χ0) is 13.3. The van der Waals surface area contributed by atoms with Gasteiger partial charge in [0, 0.05) is 22.9 Å². The number of aromatic nitrogens is 1. The minimum Gasteiger partial charge on any atom is -0.388 e. The second kappa shape index (κ2) is 5.12. The highest BCUT2D eigenvalue weighted by Crippen LogP contribution is 2.25. The van der Waals surface area contributed by atoms with Crippen LogP contribution in [0.5, 0.6) is 0 Å². The van der Waals surface area contributed by atoms with Crippen LogP contribution in [0.1, 0.15) is 27.2 Å². The molecule has 0 fully saturated rings. The molecule has 2 rings (SSSR count). The number of thiazole rings is 1. The van der Waals surface area contributed by atoms with Crippen LogP contribution in [0.25, 0.3) is 0 Å². The van der Waals surface area contributed by atoms with Crippen molar-refractivity contribution in [1.82, 2.24) is 4.98 Å². The molecule has 0 spiro atoms. The monoisotopic (exact) mass is 269 g/mol. The van der Waals surface area contributed by atoms with E-state index in [1.54, 1.807) is 0 Å². The molecule has 96 valence electrons. The summed E-state index contributed by atoms with van der Waals surface area (Å²) in [6.07, 6.45) is -0.766. The minimum atomic E-state index is -1.00. The van der Waals surface area contributed by atoms with E-state index >= 15 is 0 Å². The number of halogens is 2. The van der Waals surface area contributed by atoms with Gasteiger partial charge in [-0.3, -0.25) is 0 Å². The van der Waals surface area contributed by atoms with Crippen LogP contribution in [0.4, 0.5) is 8.78 Å². The number of aryl methyl sites for hydroxylation is 2. The van der Waals surface area contributed by atoms with Crippen LogP contribution in [-0.2, 0) is 6.42 Å². The zero-order valence-electron chi connectivity index (χ0n) is 10.1. The Labute approximate surface area is 108 Å². The molecule has 1 aromatic heterocycles. The van der Waals surface area contributed by atoms with Crippen molar-refractivity contribution in [3.8, 4) is 0 Å². The summed E-state index contributed by atoms with van der Waals surface area (Å²) in [6, 6.07) is 3.18. The van der Waals surface area contributed by atoms with Gasteiger partial charge in [0.25, 0.3) is 0 Å². The van der Waals surface area contributed by atoms with E-state index in [4.69, 9.17) is 0 Å². The summed E-state index contributed by atoms with van der Waals surface area (Å²) in [6.45, 7) is 3.83. The Kier molecular flexibility index (Phi) is 3.73. The number of nitrogens with zero attached hydrogens (tertiary/aromatic N) is 1. The van der Waals surface area contributed by atoms with Crippen LogP contribution in [0.15, 0.2) is 18.2 Å². The van der Waals surface area contributed by atoms with Gasteiger partial charge in [-0.05, 0) is 19.9 Å². The Balaban J connectivity index is 2.19. The second-order valence-corrected chi connectivity index (χ2v) is 5.42. The molecule has 18 heavy (non-hydrogen) atoms. The maximum absolute atomic E-state index is 13.5. The Morgan fingerprint density at radius 2 is 2.06 bits per heavy atom. The van der Waals surface area contributed by atoms with E-state index in [9.17, 15) is 13.9 Å². The molecule has 5 heteroatoms. The Morgan fingerprint density at radius 1 is 1.33 bits per heavy atom. The summed E-state index contributed by atoms with van der Waals surface area (Å²) < 4.78 is 26.2. The van der Waals surface area contributed by atoms with Crippen molar-refractivity contribution in [2.75, 3.05) is 0 Å². The van der Waals surface area contributed by atoms with Gasteiger partial charge in [-0.1, -0.05) is 6.07 Å². The third-order valence-corrected chi connectivity index (χ3v) is 3.86. The summed E-state index contributed by atoms with van der Waals surface area (Å²) in [5.41, 5.74) is 1.02. The van der Waals surface area contributed by atoms with Gasteiger partial charge in [0.1, 0.15) is 11.6 Å². The van der Waals surface area contributed by atoms with E-state index in [0.717, 1.165) is 27.7 Å². The summed E-state index contributed by atoms with van der Waals surface area (Å²) in [7, 11) is 0. The molecule has 1 aromatic carbocycles. The van der Waals surface area contributed by atoms with Crippen LogP contribution in [0.2, 0.25) is 0 Å². The van der Waals surface area contributed by atoms with Crippen molar-refractivity contribution < 1.29 is 13.9 Å². The average Bonchev–Trinajstić information content (AvgIpc) is 2.57. The van der Waals surface area contributed by atoms with Crippen molar-refractivity contribution in [2.45, 2.75) is 26.4 Å². The van der Waals surface area contributed by atoms with Crippen LogP contribution in [0, 0.1) is 25.5 Å². The van der Waals surface area contributed by atoms with Crippen molar-refractivity contribution in [3.05, 3.63) is 51.0 Å². The highest BCUT2D eigenvalue weighted by atomic mass is 32.1. The highest BCUT2D eigenvalue weighted by Gasteiger charge is 2.16. The molecule has 0 aliphatic carbocycles. The normalized spacial score (nSPS) is 12.7. The number of aliphatic hydroxyl groups excluding tert-OH is 1. The van der Waals surface area contributed by atoms with E-state index in [1.807, 2.05) is 13.8 Å². The van der Waals surface area contributed by atoms with Crippen molar-refractivity contribution in [3.63, 3.8) is 0 Å². The van der Waals surface area contributed by atoms with Crippen molar-refractivity contribution in [2.24, 2.45) is 0 Å². The fraction of sp³-hybridized carbons (Fsp3) is 0.308. The third-order valence-electron chi connectivity index (χ3n) is 2.76. The predicted octanol–water partition coefficient (Wildman–Crippen LogP) is 3.31. The number of hydrogen-bond acceptors (Lipinski definition) is 3. The molecular weight excluding hydrogens is 256 g/mol. The van der Waals surface area contributed by atoms with Crippen LogP contribution in [0.3, 0.4) is 0 Å². The number of aliphatic hydroxyl groups is 1. The molecule has 2 nitrogen and oxygen atoms in total. The molecule has 1 heterocycles. The Hall–Kier alpha value is -1.33. The first-order chi connectivity index (χ1) is 8.47. The van der Waals surface area contributed by atoms with Crippen molar-refractivity contribution >= 4 is 11.3 Å². The number of hydrogen-bond donors (Lipinski definition) is 1. The molecule has 1 atom stereocenters. The first kappa shape index (κ1) is 13.1. The maximum atomic E-state index is 13.5. The topological polar surface area (TPSA) is 33.1 Å². The lowest BCUT2D eigenvalue weighted by atomic mass is 10.1. The second-order valence-electron chi connectivity index (χ2n) is 4.13. The molecule has 1 unspecified atom stereocenters. The largest absolute Gasteiger partial charge is 0.388 e. The van der Waals surface area contributed by atoms with Gasteiger partial charge >= 0.3 is 0 Å². The molecule has 0 saturated heterocycles. The fourth-order valence-corrected chi connectivity index (χ4v) is 2.64. The maximum Gasteiger partial charge on any atom is 0.131 e. The zero-order valence-corrected chi connectivity index (χ0v) is 10.9. The lowest BCUT2D eigenvalue weighted by Gasteiger charge is -2.10. The summed E-state index contributed by atoms with van der Waals surface area (Å²) in [4.78, 5) is 5.37. The molecule has 0 amide bonds. The van der Waals surface area contributed by atoms with Gasteiger partial charge in [-0.2, -0.15) is 0 Å². The summed E-state index contributed by atoms with van der Waals surface area (Å²) in [5, 5.41) is 10.7. The fourth-order valence-electron chi connectivity index (χ4n) is 1.67. The lowest BCUT2D eigenvalue weighted by Crippen LogP contribution is -2.04. The molecular formula is C13H13F2NOS. The Morgan fingerprint density at radius 3 is 2.61 bits per heavy atom. The third kappa shape index (κ3) is 2.73. The van der Waals surface area contributed by atoms with Gasteiger partial charge in [0.05, 0.1) is 16.8 Å². The van der Waals surface area contributed by atoms with Crippen molar-refractivity contribution in [1.29, 1.82) is 0 Å². The van der Waals surface area contributed by atoms with E-state index in [1.165, 1.54) is 17.4 Å². The average molecular weight is 269 g/mol. The van der Waals surface area contributed by atoms with Gasteiger partial charge < -0.3 is 5.11 Å².